The van der Waals surface area contributed by atoms with Crippen molar-refractivity contribution in [2.75, 3.05) is 7.11 Å². The molecule has 1 N–H and O–H groups in total. The summed E-state index contributed by atoms with van der Waals surface area (Å²) in [4.78, 5) is 25.5. The molecule has 0 amide bonds. The highest BCUT2D eigenvalue weighted by Gasteiger charge is 2.62. The summed E-state index contributed by atoms with van der Waals surface area (Å²) in [5.74, 6) is 0.0649. The molecule has 2 fully saturated rings. The average molecular weight is 332 g/mol. The van der Waals surface area contributed by atoms with Gasteiger partial charge in [0.05, 0.1) is 18.8 Å². The fourth-order valence-corrected chi connectivity index (χ4v) is 5.95. The van der Waals surface area contributed by atoms with Crippen LogP contribution < -0.4 is 0 Å². The zero-order valence-electron chi connectivity index (χ0n) is 15.1. The van der Waals surface area contributed by atoms with Crippen LogP contribution in [0.3, 0.4) is 0 Å². The minimum absolute atomic E-state index is 0.0365. The van der Waals surface area contributed by atoms with Crippen LogP contribution in [0, 0.1) is 22.2 Å². The molecule has 2 saturated carbocycles. The molecule has 0 radical (unpaired) electrons. The Labute approximate surface area is 144 Å². The first kappa shape index (κ1) is 17.2. The third-order valence-electron chi connectivity index (χ3n) is 6.95. The van der Waals surface area contributed by atoms with Crippen LogP contribution in [0.5, 0.6) is 0 Å². The van der Waals surface area contributed by atoms with E-state index in [4.69, 9.17) is 4.74 Å². The number of carbonyl (C=O) groups is 2. The number of esters is 1. The highest BCUT2D eigenvalue weighted by Crippen LogP contribution is 2.66. The molecule has 0 heterocycles. The van der Waals surface area contributed by atoms with Gasteiger partial charge in [-0.25, -0.2) is 0 Å². The molecule has 0 spiro atoms. The van der Waals surface area contributed by atoms with Gasteiger partial charge >= 0.3 is 5.97 Å². The van der Waals surface area contributed by atoms with Gasteiger partial charge in [-0.05, 0) is 49.9 Å². The number of allylic oxidation sites excluding steroid dienone is 2. The quantitative estimate of drug-likeness (QED) is 0.340. The number of carbonyl (C=O) groups excluding carboxylic acids is 2. The smallest absolute Gasteiger partial charge is 0.315 e. The maximum absolute atomic E-state index is 12.8. The van der Waals surface area contributed by atoms with E-state index < -0.39 is 10.8 Å². The summed E-state index contributed by atoms with van der Waals surface area (Å²) < 4.78 is 5.19. The molecule has 4 heteroatoms. The summed E-state index contributed by atoms with van der Waals surface area (Å²) in [6, 6.07) is 0. The number of hydrogen-bond donors (Lipinski definition) is 1. The lowest BCUT2D eigenvalue weighted by atomic mass is 9.43. The largest absolute Gasteiger partial charge is 0.515 e. The number of Topliss-reactive ketones (excluding diaryl/α,β-unsaturated/α-hetero) is 1. The Morgan fingerprint density at radius 1 is 1.33 bits per heavy atom. The van der Waals surface area contributed by atoms with E-state index in [1.165, 1.54) is 7.11 Å². The lowest BCUT2D eigenvalue weighted by molar-refractivity contribution is -0.157. The molecule has 3 aliphatic carbocycles. The number of fused-ring (bicyclic) bond motifs is 3. The van der Waals surface area contributed by atoms with Crippen molar-refractivity contribution in [3.05, 3.63) is 23.5 Å². The highest BCUT2D eigenvalue weighted by molar-refractivity contribution is 6.01. The molecule has 0 bridgehead atoms. The van der Waals surface area contributed by atoms with Crippen LogP contribution in [0.1, 0.15) is 59.3 Å². The van der Waals surface area contributed by atoms with Gasteiger partial charge in [0.2, 0.25) is 0 Å². The molecule has 4 nitrogen and oxygen atoms in total. The van der Waals surface area contributed by atoms with Gasteiger partial charge in [-0.1, -0.05) is 32.4 Å². The molecule has 0 aromatic heterocycles. The predicted molar refractivity (Wildman–Crippen MR) is 91.3 cm³/mol. The van der Waals surface area contributed by atoms with Gasteiger partial charge in [0.15, 0.2) is 5.78 Å². The molecule has 24 heavy (non-hydrogen) atoms. The van der Waals surface area contributed by atoms with E-state index >= 15 is 0 Å². The second-order valence-corrected chi connectivity index (χ2v) is 8.47. The lowest BCUT2D eigenvalue weighted by Crippen LogP contribution is -2.57. The summed E-state index contributed by atoms with van der Waals surface area (Å²) in [7, 11) is 1.46. The van der Waals surface area contributed by atoms with Crippen LogP contribution >= 0.6 is 0 Å². The van der Waals surface area contributed by atoms with Crippen LogP contribution in [-0.4, -0.2) is 24.0 Å². The molecule has 3 atom stereocenters. The summed E-state index contributed by atoms with van der Waals surface area (Å²) >= 11 is 0. The fourth-order valence-electron chi connectivity index (χ4n) is 5.95. The Kier molecular flexibility index (Phi) is 3.93. The minimum atomic E-state index is -0.546. The molecule has 0 aromatic rings. The number of rotatable bonds is 1. The first-order valence-corrected chi connectivity index (χ1v) is 8.91. The van der Waals surface area contributed by atoms with Crippen molar-refractivity contribution in [1.29, 1.82) is 0 Å². The predicted octanol–water partition coefficient (Wildman–Crippen LogP) is 4.11. The van der Waals surface area contributed by atoms with Crippen LogP contribution in [0.15, 0.2) is 23.5 Å². The van der Waals surface area contributed by atoms with Crippen molar-refractivity contribution < 1.29 is 19.4 Å². The Balaban J connectivity index is 2.16. The SMILES string of the molecule is COC(=O)[C@]12CCCC=C1C1(C)C/C(=C/O)C(=O)C(C)(C)[C@@H]1CC2. The molecular weight excluding hydrogens is 304 g/mol. The van der Waals surface area contributed by atoms with Crippen molar-refractivity contribution in [3.63, 3.8) is 0 Å². The van der Waals surface area contributed by atoms with Gasteiger partial charge in [0.1, 0.15) is 0 Å². The van der Waals surface area contributed by atoms with E-state index in [0.717, 1.165) is 43.9 Å². The number of ether oxygens (including phenoxy) is 1. The normalized spacial score (nSPS) is 39.7. The van der Waals surface area contributed by atoms with Gasteiger partial charge in [-0.2, -0.15) is 0 Å². The van der Waals surface area contributed by atoms with E-state index in [9.17, 15) is 14.7 Å². The standard InChI is InChI=1S/C20H28O4/c1-18(2)14-8-10-20(17(23)24-4)9-6-5-7-15(20)19(14,3)11-13(12-21)16(18)22/h7,12,14,21H,5-6,8-11H2,1-4H3/b13-12-/t14-,19?,20-/m0/s1. The second-order valence-electron chi connectivity index (χ2n) is 8.47. The van der Waals surface area contributed by atoms with E-state index in [-0.39, 0.29) is 23.1 Å². The fraction of sp³-hybridized carbons (Fsp3) is 0.700. The maximum Gasteiger partial charge on any atom is 0.315 e. The zero-order chi connectivity index (χ0) is 17.8. The summed E-state index contributed by atoms with van der Waals surface area (Å²) in [5.41, 5.74) is 0.242. The van der Waals surface area contributed by atoms with Gasteiger partial charge in [-0.3, -0.25) is 9.59 Å². The van der Waals surface area contributed by atoms with E-state index in [0.29, 0.717) is 12.0 Å². The molecule has 1 unspecified atom stereocenters. The number of aliphatic hydroxyl groups excluding tert-OH is 1. The molecular formula is C20H28O4. The van der Waals surface area contributed by atoms with Crippen LogP contribution in [0.2, 0.25) is 0 Å². The molecule has 132 valence electrons. The van der Waals surface area contributed by atoms with Crippen molar-refractivity contribution in [1.82, 2.24) is 0 Å². The first-order valence-electron chi connectivity index (χ1n) is 8.91. The van der Waals surface area contributed by atoms with E-state index in [2.05, 4.69) is 13.0 Å². The van der Waals surface area contributed by atoms with Crippen molar-refractivity contribution in [3.8, 4) is 0 Å². The highest BCUT2D eigenvalue weighted by atomic mass is 16.5. The number of ketones is 1. The molecule has 0 aliphatic heterocycles. The summed E-state index contributed by atoms with van der Waals surface area (Å²) in [6.07, 6.45) is 8.05. The van der Waals surface area contributed by atoms with Crippen LogP contribution in [0.25, 0.3) is 0 Å². The number of aliphatic hydroxyl groups is 1. The van der Waals surface area contributed by atoms with Crippen molar-refractivity contribution in [2.45, 2.75) is 59.3 Å². The molecule has 0 aromatic carbocycles. The minimum Gasteiger partial charge on any atom is -0.515 e. The van der Waals surface area contributed by atoms with Gasteiger partial charge < -0.3 is 9.84 Å². The molecule has 3 rings (SSSR count). The van der Waals surface area contributed by atoms with E-state index in [1.54, 1.807) is 0 Å². The summed E-state index contributed by atoms with van der Waals surface area (Å²) in [5, 5.41) is 9.62. The maximum atomic E-state index is 12.8. The third-order valence-corrected chi connectivity index (χ3v) is 6.95. The number of hydrogen-bond acceptors (Lipinski definition) is 4. The van der Waals surface area contributed by atoms with E-state index in [1.807, 2.05) is 13.8 Å². The Morgan fingerprint density at radius 2 is 2.04 bits per heavy atom. The molecule has 0 saturated heterocycles. The lowest BCUT2D eigenvalue weighted by Gasteiger charge is -2.59. The second kappa shape index (κ2) is 5.47. The topological polar surface area (TPSA) is 63.6 Å². The number of methoxy groups -OCH3 is 1. The first-order chi connectivity index (χ1) is 11.2. The Morgan fingerprint density at radius 3 is 2.67 bits per heavy atom. The average Bonchev–Trinajstić information content (AvgIpc) is 2.57. The van der Waals surface area contributed by atoms with Crippen molar-refractivity contribution in [2.24, 2.45) is 22.2 Å². The Bertz CT molecular complexity index is 642. The van der Waals surface area contributed by atoms with Crippen molar-refractivity contribution >= 4 is 11.8 Å². The van der Waals surface area contributed by atoms with Gasteiger partial charge in [0.25, 0.3) is 0 Å². The zero-order valence-corrected chi connectivity index (χ0v) is 15.1. The molecule has 3 aliphatic rings. The summed E-state index contributed by atoms with van der Waals surface area (Å²) in [6.45, 7) is 6.13. The Hall–Kier alpha value is -1.58. The van der Waals surface area contributed by atoms with Crippen LogP contribution in [-0.2, 0) is 14.3 Å². The van der Waals surface area contributed by atoms with Gasteiger partial charge in [-0.15, -0.1) is 0 Å². The monoisotopic (exact) mass is 332 g/mol. The van der Waals surface area contributed by atoms with Crippen LogP contribution in [0.4, 0.5) is 0 Å². The van der Waals surface area contributed by atoms with Gasteiger partial charge in [0, 0.05) is 11.0 Å². The third kappa shape index (κ3) is 2.04.